The van der Waals surface area contributed by atoms with Crippen LogP contribution in [0.2, 0.25) is 0 Å². The molecule has 1 aliphatic rings. The molecule has 142 valence electrons. The van der Waals surface area contributed by atoms with E-state index in [-0.39, 0.29) is 17.9 Å². The minimum atomic E-state index is -0.0956. The van der Waals surface area contributed by atoms with E-state index < -0.39 is 0 Å². The van der Waals surface area contributed by atoms with Crippen LogP contribution < -0.4 is 5.32 Å². The third-order valence-electron chi connectivity index (χ3n) is 5.25. The first-order chi connectivity index (χ1) is 12.6. The minimum absolute atomic E-state index is 0.0956. The van der Waals surface area contributed by atoms with Crippen molar-refractivity contribution in [1.29, 1.82) is 0 Å². The molecule has 0 radical (unpaired) electrons. The van der Waals surface area contributed by atoms with Gasteiger partial charge in [-0.15, -0.1) is 11.3 Å². The van der Waals surface area contributed by atoms with E-state index in [0.29, 0.717) is 13.1 Å². The maximum absolute atomic E-state index is 12.6. The summed E-state index contributed by atoms with van der Waals surface area (Å²) >= 11 is 1.79. The van der Waals surface area contributed by atoms with Gasteiger partial charge in [0.2, 0.25) is 5.91 Å². The summed E-state index contributed by atoms with van der Waals surface area (Å²) in [5.74, 6) is 0.0120. The molecular weight excluding hydrogens is 344 g/mol. The van der Waals surface area contributed by atoms with Crippen molar-refractivity contribution in [3.8, 4) is 0 Å². The van der Waals surface area contributed by atoms with E-state index in [1.807, 2.05) is 24.6 Å². The molecule has 26 heavy (non-hydrogen) atoms. The molecule has 1 aliphatic heterocycles. The highest BCUT2D eigenvalue weighted by molar-refractivity contribution is 7.10. The van der Waals surface area contributed by atoms with Crippen molar-refractivity contribution in [2.24, 2.45) is 5.92 Å². The van der Waals surface area contributed by atoms with Gasteiger partial charge >= 0.3 is 0 Å². The van der Waals surface area contributed by atoms with Crippen molar-refractivity contribution >= 4 is 17.2 Å². The molecule has 0 saturated carbocycles. The quantitative estimate of drug-likeness (QED) is 0.805. The molecule has 2 aromatic rings. The SMILES string of the molecule is Cc1ccnn1CC(C)C(=O)NCC(c1cccs1)N1CCCCCC1. The summed E-state index contributed by atoms with van der Waals surface area (Å²) in [6.07, 6.45) is 6.93. The van der Waals surface area contributed by atoms with E-state index >= 15 is 0 Å². The lowest BCUT2D eigenvalue weighted by Gasteiger charge is -2.30. The molecule has 3 heterocycles. The average molecular weight is 375 g/mol. The maximum atomic E-state index is 12.6. The van der Waals surface area contributed by atoms with Crippen molar-refractivity contribution < 1.29 is 4.79 Å². The van der Waals surface area contributed by atoms with Crippen molar-refractivity contribution in [3.63, 3.8) is 0 Å². The van der Waals surface area contributed by atoms with Gasteiger partial charge in [-0.3, -0.25) is 14.4 Å². The van der Waals surface area contributed by atoms with E-state index in [2.05, 4.69) is 32.8 Å². The number of thiophene rings is 1. The molecular formula is C20H30N4OS. The molecule has 3 rings (SSSR count). The van der Waals surface area contributed by atoms with Crippen LogP contribution in [0.3, 0.4) is 0 Å². The zero-order valence-electron chi connectivity index (χ0n) is 15.9. The number of hydrogen-bond donors (Lipinski definition) is 1. The van der Waals surface area contributed by atoms with Gasteiger partial charge in [0.15, 0.2) is 0 Å². The number of nitrogens with zero attached hydrogens (tertiary/aromatic N) is 3. The van der Waals surface area contributed by atoms with Crippen LogP contribution in [0.1, 0.15) is 49.2 Å². The van der Waals surface area contributed by atoms with Gasteiger partial charge in [0.05, 0.1) is 18.5 Å². The third-order valence-corrected chi connectivity index (χ3v) is 6.22. The van der Waals surface area contributed by atoms with E-state index in [4.69, 9.17) is 0 Å². The second-order valence-corrected chi connectivity index (χ2v) is 8.26. The highest BCUT2D eigenvalue weighted by Gasteiger charge is 2.24. The Morgan fingerprint density at radius 3 is 2.65 bits per heavy atom. The fourth-order valence-electron chi connectivity index (χ4n) is 3.60. The molecule has 6 heteroatoms. The molecule has 1 saturated heterocycles. The molecule has 2 unspecified atom stereocenters. The zero-order valence-corrected chi connectivity index (χ0v) is 16.7. The summed E-state index contributed by atoms with van der Waals surface area (Å²) in [7, 11) is 0. The summed E-state index contributed by atoms with van der Waals surface area (Å²) in [6.45, 7) is 7.55. The highest BCUT2D eigenvalue weighted by Crippen LogP contribution is 2.27. The van der Waals surface area contributed by atoms with Crippen molar-refractivity contribution in [1.82, 2.24) is 20.0 Å². The van der Waals surface area contributed by atoms with Crippen molar-refractivity contribution in [2.75, 3.05) is 19.6 Å². The standard InChI is InChI=1S/C20H30N4OS/c1-16(15-24-17(2)9-10-22-24)20(25)21-14-18(19-8-7-13-26-19)23-11-5-3-4-6-12-23/h7-10,13,16,18H,3-6,11-12,14-15H2,1-2H3,(H,21,25). The first kappa shape index (κ1) is 19.1. The molecule has 1 N–H and O–H groups in total. The van der Waals surface area contributed by atoms with E-state index in [0.717, 1.165) is 18.8 Å². The summed E-state index contributed by atoms with van der Waals surface area (Å²) in [5.41, 5.74) is 1.09. The van der Waals surface area contributed by atoms with E-state index in [9.17, 15) is 4.79 Å². The van der Waals surface area contributed by atoms with Crippen LogP contribution in [0.25, 0.3) is 0 Å². The summed E-state index contributed by atoms with van der Waals surface area (Å²) in [6, 6.07) is 6.56. The van der Waals surface area contributed by atoms with Gasteiger partial charge in [-0.2, -0.15) is 5.10 Å². The number of rotatable bonds is 7. The molecule has 2 atom stereocenters. The number of likely N-dealkylation sites (tertiary alicyclic amines) is 1. The van der Waals surface area contributed by atoms with Gasteiger partial charge in [-0.1, -0.05) is 25.8 Å². The lowest BCUT2D eigenvalue weighted by molar-refractivity contribution is -0.125. The topological polar surface area (TPSA) is 50.2 Å². The van der Waals surface area contributed by atoms with Gasteiger partial charge in [0.25, 0.3) is 0 Å². The molecule has 0 bridgehead atoms. The summed E-state index contributed by atoms with van der Waals surface area (Å²) in [5, 5.41) is 9.62. The number of carbonyl (C=O) groups is 1. The molecule has 0 aliphatic carbocycles. The van der Waals surface area contributed by atoms with E-state index in [1.54, 1.807) is 17.5 Å². The molecule has 1 amide bonds. The zero-order chi connectivity index (χ0) is 18.4. The minimum Gasteiger partial charge on any atom is -0.354 e. The number of nitrogens with one attached hydrogen (secondary N) is 1. The first-order valence-corrected chi connectivity index (χ1v) is 10.6. The molecule has 0 aromatic carbocycles. The predicted octanol–water partition coefficient (Wildman–Crippen LogP) is 3.62. The third kappa shape index (κ3) is 4.95. The number of aryl methyl sites for hydroxylation is 1. The molecule has 2 aromatic heterocycles. The monoisotopic (exact) mass is 374 g/mol. The molecule has 1 fully saturated rings. The highest BCUT2D eigenvalue weighted by atomic mass is 32.1. The Labute approximate surface area is 160 Å². The van der Waals surface area contributed by atoms with Crippen molar-refractivity contribution in [2.45, 2.75) is 52.1 Å². The Morgan fingerprint density at radius 1 is 1.27 bits per heavy atom. The number of hydrogen-bond acceptors (Lipinski definition) is 4. The lowest BCUT2D eigenvalue weighted by Crippen LogP contribution is -2.40. The fourth-order valence-corrected chi connectivity index (χ4v) is 4.46. The Balaban J connectivity index is 1.59. The predicted molar refractivity (Wildman–Crippen MR) is 106 cm³/mol. The number of amides is 1. The van der Waals surface area contributed by atoms with Crippen LogP contribution in [0, 0.1) is 12.8 Å². The molecule has 5 nitrogen and oxygen atoms in total. The van der Waals surface area contributed by atoms with Crippen LogP contribution in [-0.4, -0.2) is 40.2 Å². The lowest BCUT2D eigenvalue weighted by atomic mass is 10.1. The van der Waals surface area contributed by atoms with Crippen LogP contribution in [0.15, 0.2) is 29.8 Å². The van der Waals surface area contributed by atoms with Gasteiger partial charge in [-0.25, -0.2) is 0 Å². The molecule has 0 spiro atoms. The second-order valence-electron chi connectivity index (χ2n) is 7.28. The van der Waals surface area contributed by atoms with Gasteiger partial charge < -0.3 is 5.32 Å². The Morgan fingerprint density at radius 2 is 2.04 bits per heavy atom. The van der Waals surface area contributed by atoms with E-state index in [1.165, 1.54) is 30.6 Å². The maximum Gasteiger partial charge on any atom is 0.224 e. The second kappa shape index (κ2) is 9.33. The smallest absolute Gasteiger partial charge is 0.224 e. The van der Waals surface area contributed by atoms with Crippen LogP contribution in [-0.2, 0) is 11.3 Å². The largest absolute Gasteiger partial charge is 0.354 e. The Bertz CT molecular complexity index is 674. The van der Waals surface area contributed by atoms with Gasteiger partial charge in [0, 0.05) is 23.3 Å². The van der Waals surface area contributed by atoms with Gasteiger partial charge in [-0.05, 0) is 50.4 Å². The fraction of sp³-hybridized carbons (Fsp3) is 0.600. The van der Waals surface area contributed by atoms with Crippen LogP contribution >= 0.6 is 11.3 Å². The number of carbonyl (C=O) groups excluding carboxylic acids is 1. The van der Waals surface area contributed by atoms with Gasteiger partial charge in [0.1, 0.15) is 0 Å². The first-order valence-electron chi connectivity index (χ1n) is 9.68. The summed E-state index contributed by atoms with van der Waals surface area (Å²) in [4.78, 5) is 16.5. The summed E-state index contributed by atoms with van der Waals surface area (Å²) < 4.78 is 1.90. The number of aromatic nitrogens is 2. The van der Waals surface area contributed by atoms with Crippen molar-refractivity contribution in [3.05, 3.63) is 40.3 Å². The van der Waals surface area contributed by atoms with Crippen LogP contribution in [0.4, 0.5) is 0 Å². The average Bonchev–Trinajstić information content (AvgIpc) is 3.22. The van der Waals surface area contributed by atoms with Crippen LogP contribution in [0.5, 0.6) is 0 Å². The normalized spacial score (nSPS) is 18.2. The Hall–Kier alpha value is -1.66. The Kier molecular flexibility index (Phi) is 6.86.